The van der Waals surface area contributed by atoms with Gasteiger partial charge in [-0.05, 0) is 19.1 Å². The molecule has 0 aliphatic carbocycles. The minimum Gasteiger partial charge on any atom is -0.489 e. The standard InChI is InChI=1S/C14H14N2O2.C2H6/c1-10-3-4-13-12(7-10)14(18-6-5-17-2)11(8-15)9-16-13;1-2/h3-4,7,9H,5-6H2,1-2H3;1-2H3. The molecular formula is C16H20N2O2. The zero-order valence-electron chi connectivity index (χ0n) is 12.4. The first kappa shape index (κ1) is 15.9. The highest BCUT2D eigenvalue weighted by Gasteiger charge is 2.10. The van der Waals surface area contributed by atoms with Gasteiger partial charge in [-0.3, -0.25) is 4.98 Å². The smallest absolute Gasteiger partial charge is 0.148 e. The van der Waals surface area contributed by atoms with Crippen molar-refractivity contribution < 1.29 is 9.47 Å². The van der Waals surface area contributed by atoms with E-state index in [2.05, 4.69) is 11.1 Å². The molecule has 1 aromatic heterocycles. The van der Waals surface area contributed by atoms with Crippen molar-refractivity contribution in [2.75, 3.05) is 20.3 Å². The molecule has 0 saturated carbocycles. The Hall–Kier alpha value is -2.12. The molecule has 0 bridgehead atoms. The molecule has 0 amide bonds. The van der Waals surface area contributed by atoms with Gasteiger partial charge in [0.15, 0.2) is 0 Å². The van der Waals surface area contributed by atoms with Crippen LogP contribution in [0, 0.1) is 18.3 Å². The van der Waals surface area contributed by atoms with Gasteiger partial charge < -0.3 is 9.47 Å². The minimum absolute atomic E-state index is 0.415. The van der Waals surface area contributed by atoms with Crippen molar-refractivity contribution in [3.63, 3.8) is 0 Å². The molecular weight excluding hydrogens is 252 g/mol. The molecule has 0 unspecified atom stereocenters. The summed E-state index contributed by atoms with van der Waals surface area (Å²) in [4.78, 5) is 4.25. The van der Waals surface area contributed by atoms with Gasteiger partial charge in [-0.15, -0.1) is 0 Å². The summed E-state index contributed by atoms with van der Waals surface area (Å²) in [6.07, 6.45) is 1.54. The number of rotatable bonds is 4. The van der Waals surface area contributed by atoms with Crippen LogP contribution in [-0.4, -0.2) is 25.3 Å². The van der Waals surface area contributed by atoms with Crippen LogP contribution in [0.15, 0.2) is 24.4 Å². The van der Waals surface area contributed by atoms with Gasteiger partial charge in [0, 0.05) is 18.7 Å². The fraction of sp³-hybridized carbons (Fsp3) is 0.375. The highest BCUT2D eigenvalue weighted by atomic mass is 16.5. The molecule has 20 heavy (non-hydrogen) atoms. The lowest BCUT2D eigenvalue weighted by Gasteiger charge is -2.10. The van der Waals surface area contributed by atoms with Crippen LogP contribution in [0.3, 0.4) is 0 Å². The summed E-state index contributed by atoms with van der Waals surface area (Å²) in [7, 11) is 1.61. The third kappa shape index (κ3) is 3.69. The Kier molecular flexibility index (Phi) is 6.48. The predicted molar refractivity (Wildman–Crippen MR) is 79.9 cm³/mol. The second-order valence-electron chi connectivity index (χ2n) is 3.97. The van der Waals surface area contributed by atoms with E-state index in [0.29, 0.717) is 24.5 Å². The van der Waals surface area contributed by atoms with E-state index < -0.39 is 0 Å². The van der Waals surface area contributed by atoms with Crippen molar-refractivity contribution in [2.45, 2.75) is 20.8 Å². The van der Waals surface area contributed by atoms with E-state index in [9.17, 15) is 0 Å². The molecule has 0 aliphatic heterocycles. The molecule has 4 heteroatoms. The lowest BCUT2D eigenvalue weighted by molar-refractivity contribution is 0.147. The van der Waals surface area contributed by atoms with E-state index in [1.807, 2.05) is 39.0 Å². The summed E-state index contributed by atoms with van der Waals surface area (Å²) in [5, 5.41) is 9.97. The highest BCUT2D eigenvalue weighted by molar-refractivity contribution is 5.87. The number of nitrogens with zero attached hydrogens (tertiary/aromatic N) is 2. The number of pyridine rings is 1. The third-order valence-corrected chi connectivity index (χ3v) is 2.63. The van der Waals surface area contributed by atoms with E-state index >= 15 is 0 Å². The quantitative estimate of drug-likeness (QED) is 0.800. The van der Waals surface area contributed by atoms with E-state index in [1.165, 1.54) is 0 Å². The fourth-order valence-corrected chi connectivity index (χ4v) is 1.74. The van der Waals surface area contributed by atoms with Gasteiger partial charge in [-0.25, -0.2) is 0 Å². The Labute approximate surface area is 120 Å². The number of ether oxygens (including phenoxy) is 2. The van der Waals surface area contributed by atoms with Crippen LogP contribution in [0.1, 0.15) is 25.0 Å². The third-order valence-electron chi connectivity index (χ3n) is 2.63. The molecule has 1 aromatic carbocycles. The number of nitriles is 1. The molecule has 0 N–H and O–H groups in total. The van der Waals surface area contributed by atoms with Gasteiger partial charge in [0.25, 0.3) is 0 Å². The van der Waals surface area contributed by atoms with E-state index in [-0.39, 0.29) is 0 Å². The predicted octanol–water partition coefficient (Wildman–Crippen LogP) is 3.47. The van der Waals surface area contributed by atoms with E-state index in [0.717, 1.165) is 16.5 Å². The van der Waals surface area contributed by atoms with Gasteiger partial charge in [-0.2, -0.15) is 5.26 Å². The van der Waals surface area contributed by atoms with E-state index in [4.69, 9.17) is 14.7 Å². The Balaban J connectivity index is 0.000000956. The summed E-state index contributed by atoms with van der Waals surface area (Å²) >= 11 is 0. The molecule has 2 rings (SSSR count). The second kappa shape index (κ2) is 8.13. The lowest BCUT2D eigenvalue weighted by atomic mass is 10.1. The van der Waals surface area contributed by atoms with Crippen molar-refractivity contribution in [1.29, 1.82) is 5.26 Å². The maximum Gasteiger partial charge on any atom is 0.148 e. The van der Waals surface area contributed by atoms with Crippen molar-refractivity contribution in [2.24, 2.45) is 0 Å². The molecule has 0 aliphatic rings. The topological polar surface area (TPSA) is 55.1 Å². The summed E-state index contributed by atoms with van der Waals surface area (Å²) in [5.74, 6) is 0.586. The maximum absolute atomic E-state index is 9.10. The number of hydrogen-bond acceptors (Lipinski definition) is 4. The van der Waals surface area contributed by atoms with Gasteiger partial charge in [0.2, 0.25) is 0 Å². The molecule has 0 radical (unpaired) electrons. The summed E-state index contributed by atoms with van der Waals surface area (Å²) in [6.45, 7) is 6.90. The fourth-order valence-electron chi connectivity index (χ4n) is 1.74. The summed E-state index contributed by atoms with van der Waals surface area (Å²) in [6, 6.07) is 8.00. The lowest BCUT2D eigenvalue weighted by Crippen LogP contribution is -2.06. The Bertz CT molecular complexity index is 603. The average molecular weight is 272 g/mol. The first-order valence-electron chi connectivity index (χ1n) is 6.67. The van der Waals surface area contributed by atoms with Crippen LogP contribution >= 0.6 is 0 Å². The molecule has 4 nitrogen and oxygen atoms in total. The molecule has 1 heterocycles. The molecule has 0 saturated heterocycles. The van der Waals surface area contributed by atoms with Crippen LogP contribution in [-0.2, 0) is 4.74 Å². The SMILES string of the molecule is CC.COCCOc1c(C#N)cnc2ccc(C)cc12. The van der Waals surface area contributed by atoms with Crippen LogP contribution in [0.4, 0.5) is 0 Å². The Morgan fingerprint density at radius 3 is 2.65 bits per heavy atom. The number of aryl methyl sites for hydroxylation is 1. The van der Waals surface area contributed by atoms with Gasteiger partial charge in [-0.1, -0.05) is 25.5 Å². The van der Waals surface area contributed by atoms with Crippen LogP contribution in [0.2, 0.25) is 0 Å². The zero-order chi connectivity index (χ0) is 15.0. The summed E-state index contributed by atoms with van der Waals surface area (Å²) in [5.41, 5.74) is 2.38. The maximum atomic E-state index is 9.10. The normalized spacial score (nSPS) is 9.55. The van der Waals surface area contributed by atoms with Gasteiger partial charge >= 0.3 is 0 Å². The minimum atomic E-state index is 0.415. The molecule has 0 atom stereocenters. The molecule has 106 valence electrons. The number of hydrogen-bond donors (Lipinski definition) is 0. The van der Waals surface area contributed by atoms with Gasteiger partial charge in [0.1, 0.15) is 24.0 Å². The monoisotopic (exact) mass is 272 g/mol. The van der Waals surface area contributed by atoms with Crippen LogP contribution < -0.4 is 4.74 Å². The number of fused-ring (bicyclic) bond motifs is 1. The zero-order valence-corrected chi connectivity index (χ0v) is 12.4. The number of benzene rings is 1. The molecule has 0 fully saturated rings. The average Bonchev–Trinajstić information content (AvgIpc) is 2.49. The second-order valence-corrected chi connectivity index (χ2v) is 3.97. The number of aromatic nitrogens is 1. The van der Waals surface area contributed by atoms with Gasteiger partial charge in [0.05, 0.1) is 12.1 Å². The Morgan fingerprint density at radius 1 is 1.25 bits per heavy atom. The van der Waals surface area contributed by atoms with Crippen LogP contribution in [0.25, 0.3) is 10.9 Å². The van der Waals surface area contributed by atoms with Crippen molar-refractivity contribution in [3.8, 4) is 11.8 Å². The molecule has 2 aromatic rings. The van der Waals surface area contributed by atoms with E-state index in [1.54, 1.807) is 13.3 Å². The highest BCUT2D eigenvalue weighted by Crippen LogP contribution is 2.28. The van der Waals surface area contributed by atoms with Crippen molar-refractivity contribution in [1.82, 2.24) is 4.98 Å². The first-order valence-corrected chi connectivity index (χ1v) is 6.67. The largest absolute Gasteiger partial charge is 0.489 e. The number of methoxy groups -OCH3 is 1. The first-order chi connectivity index (χ1) is 9.76. The van der Waals surface area contributed by atoms with Crippen molar-refractivity contribution >= 4 is 10.9 Å². The Morgan fingerprint density at radius 2 is 2.00 bits per heavy atom. The van der Waals surface area contributed by atoms with Crippen LogP contribution in [0.5, 0.6) is 5.75 Å². The molecule has 0 spiro atoms. The van der Waals surface area contributed by atoms with Crippen molar-refractivity contribution in [3.05, 3.63) is 35.5 Å². The summed E-state index contributed by atoms with van der Waals surface area (Å²) < 4.78 is 10.6.